The van der Waals surface area contributed by atoms with E-state index in [9.17, 15) is 0 Å². The molecule has 1 unspecified atom stereocenters. The predicted octanol–water partition coefficient (Wildman–Crippen LogP) is 2.76. The van der Waals surface area contributed by atoms with Gasteiger partial charge >= 0.3 is 0 Å². The van der Waals surface area contributed by atoms with E-state index in [1.165, 1.54) is 45.2 Å². The zero-order valence-corrected chi connectivity index (χ0v) is 9.13. The number of nitrogens with zero attached hydrogens (tertiary/aromatic N) is 1. The minimum absolute atomic E-state index is 0.984. The Balaban J connectivity index is 1.85. The highest BCUT2D eigenvalue weighted by Gasteiger charge is 2.31. The highest BCUT2D eigenvalue weighted by molar-refractivity contribution is 4.83. The van der Waals surface area contributed by atoms with E-state index in [0.717, 1.165) is 17.8 Å². The van der Waals surface area contributed by atoms with Crippen LogP contribution in [-0.2, 0) is 0 Å². The van der Waals surface area contributed by atoms with Gasteiger partial charge in [-0.25, -0.2) is 0 Å². The van der Waals surface area contributed by atoms with Crippen LogP contribution in [0.1, 0.15) is 39.0 Å². The van der Waals surface area contributed by atoms with Crippen LogP contribution < -0.4 is 0 Å². The smallest absolute Gasteiger partial charge is 0.000681 e. The van der Waals surface area contributed by atoms with Gasteiger partial charge in [0.2, 0.25) is 0 Å². The molecular formula is C12H23N. The molecule has 76 valence electrons. The predicted molar refractivity (Wildman–Crippen MR) is 56.7 cm³/mol. The maximum absolute atomic E-state index is 2.54. The Morgan fingerprint density at radius 3 is 2.62 bits per heavy atom. The zero-order chi connectivity index (χ0) is 9.26. The van der Waals surface area contributed by atoms with Gasteiger partial charge in [-0.05, 0) is 63.5 Å². The molecule has 0 aromatic rings. The van der Waals surface area contributed by atoms with Crippen LogP contribution >= 0.6 is 0 Å². The van der Waals surface area contributed by atoms with Gasteiger partial charge in [-0.3, -0.25) is 0 Å². The average molecular weight is 181 g/mol. The normalized spacial score (nSPS) is 42.5. The third-order valence-electron chi connectivity index (χ3n) is 3.88. The molecule has 3 fully saturated rings. The third-order valence-corrected chi connectivity index (χ3v) is 3.88. The van der Waals surface area contributed by atoms with Gasteiger partial charge in [-0.1, -0.05) is 6.92 Å². The largest absolute Gasteiger partial charge is 0.306 e. The lowest BCUT2D eigenvalue weighted by Gasteiger charge is -2.40. The topological polar surface area (TPSA) is 3.24 Å². The van der Waals surface area contributed by atoms with Gasteiger partial charge in [0, 0.05) is 6.54 Å². The van der Waals surface area contributed by atoms with Gasteiger partial charge in [-0.15, -0.1) is 0 Å². The summed E-state index contributed by atoms with van der Waals surface area (Å²) in [7, 11) is 2.29. The molecule has 3 rings (SSSR count). The van der Waals surface area contributed by atoms with Gasteiger partial charge < -0.3 is 4.90 Å². The van der Waals surface area contributed by atoms with E-state index in [4.69, 9.17) is 0 Å². The van der Waals surface area contributed by atoms with Crippen LogP contribution in [0.25, 0.3) is 0 Å². The molecule has 2 saturated heterocycles. The standard InChI is InChI=1S/C12H23N/c1-10-4-3-5-13(2)9-12-7-11(6-10)8-12/h10-12H,3-9H2,1-2H3. The van der Waals surface area contributed by atoms with Crippen molar-refractivity contribution in [2.24, 2.45) is 17.8 Å². The van der Waals surface area contributed by atoms with Gasteiger partial charge in [-0.2, -0.15) is 0 Å². The molecule has 1 nitrogen and oxygen atoms in total. The number of hydrogen-bond donors (Lipinski definition) is 0. The van der Waals surface area contributed by atoms with Crippen molar-refractivity contribution in [2.75, 3.05) is 20.1 Å². The summed E-state index contributed by atoms with van der Waals surface area (Å²) in [6.07, 6.45) is 7.42. The Kier molecular flexibility index (Phi) is 2.92. The van der Waals surface area contributed by atoms with Gasteiger partial charge in [0.05, 0.1) is 0 Å². The maximum Gasteiger partial charge on any atom is 0.000681 e. The number of hydrogen-bond acceptors (Lipinski definition) is 1. The molecule has 0 spiro atoms. The summed E-state index contributed by atoms with van der Waals surface area (Å²) in [6.45, 7) is 5.13. The van der Waals surface area contributed by atoms with Crippen LogP contribution in [0, 0.1) is 17.8 Å². The molecule has 1 heteroatoms. The van der Waals surface area contributed by atoms with Crippen molar-refractivity contribution >= 4 is 0 Å². The van der Waals surface area contributed by atoms with E-state index in [0.29, 0.717) is 0 Å². The minimum Gasteiger partial charge on any atom is -0.306 e. The Hall–Kier alpha value is -0.0400. The average Bonchev–Trinajstić information content (AvgIpc) is 2.00. The summed E-state index contributed by atoms with van der Waals surface area (Å²) in [6, 6.07) is 0. The highest BCUT2D eigenvalue weighted by atomic mass is 15.1. The summed E-state index contributed by atoms with van der Waals surface area (Å²) < 4.78 is 0. The molecule has 3 aliphatic rings. The Morgan fingerprint density at radius 1 is 1.08 bits per heavy atom. The fourth-order valence-corrected chi connectivity index (χ4v) is 3.14. The van der Waals surface area contributed by atoms with Crippen molar-refractivity contribution in [1.82, 2.24) is 4.90 Å². The summed E-state index contributed by atoms with van der Waals surface area (Å²) in [5.41, 5.74) is 0. The van der Waals surface area contributed by atoms with Crippen molar-refractivity contribution in [3.05, 3.63) is 0 Å². The Labute approximate surface area is 82.5 Å². The highest BCUT2D eigenvalue weighted by Crippen LogP contribution is 2.39. The van der Waals surface area contributed by atoms with Crippen molar-refractivity contribution in [2.45, 2.75) is 39.0 Å². The Bertz CT molecular complexity index is 139. The first-order chi connectivity index (χ1) is 6.24. The molecule has 0 amide bonds. The van der Waals surface area contributed by atoms with Crippen molar-refractivity contribution < 1.29 is 0 Å². The van der Waals surface area contributed by atoms with Crippen LogP contribution in [0.4, 0.5) is 0 Å². The molecule has 13 heavy (non-hydrogen) atoms. The lowest BCUT2D eigenvalue weighted by Crippen LogP contribution is -2.36. The third kappa shape index (κ3) is 2.46. The molecule has 2 heterocycles. The zero-order valence-electron chi connectivity index (χ0n) is 9.13. The summed E-state index contributed by atoms with van der Waals surface area (Å²) >= 11 is 0. The van der Waals surface area contributed by atoms with E-state index in [1.807, 2.05) is 0 Å². The van der Waals surface area contributed by atoms with Crippen LogP contribution in [0.15, 0.2) is 0 Å². The molecular weight excluding hydrogens is 158 g/mol. The van der Waals surface area contributed by atoms with Crippen LogP contribution in [0.5, 0.6) is 0 Å². The van der Waals surface area contributed by atoms with Crippen LogP contribution in [0.2, 0.25) is 0 Å². The fourth-order valence-electron chi connectivity index (χ4n) is 3.14. The molecule has 1 atom stereocenters. The second-order valence-electron chi connectivity index (χ2n) is 5.45. The second-order valence-corrected chi connectivity index (χ2v) is 5.45. The van der Waals surface area contributed by atoms with Crippen molar-refractivity contribution in [1.29, 1.82) is 0 Å². The lowest BCUT2D eigenvalue weighted by molar-refractivity contribution is 0.105. The first kappa shape index (κ1) is 9.51. The van der Waals surface area contributed by atoms with E-state index >= 15 is 0 Å². The number of rotatable bonds is 0. The SMILES string of the molecule is CC1CCCN(C)CC2CC(C1)C2. The summed E-state index contributed by atoms with van der Waals surface area (Å²) in [5.74, 6) is 3.12. The van der Waals surface area contributed by atoms with Crippen molar-refractivity contribution in [3.8, 4) is 0 Å². The van der Waals surface area contributed by atoms with Crippen LogP contribution in [0.3, 0.4) is 0 Å². The first-order valence-corrected chi connectivity index (χ1v) is 5.92. The van der Waals surface area contributed by atoms with E-state index in [2.05, 4.69) is 18.9 Å². The number of fused-ring (bicyclic) bond motifs is 6. The van der Waals surface area contributed by atoms with Gasteiger partial charge in [0.15, 0.2) is 0 Å². The molecule has 0 aromatic heterocycles. The molecule has 2 bridgehead atoms. The maximum atomic E-state index is 2.54. The first-order valence-electron chi connectivity index (χ1n) is 5.92. The van der Waals surface area contributed by atoms with Gasteiger partial charge in [0.25, 0.3) is 0 Å². The van der Waals surface area contributed by atoms with E-state index in [1.54, 1.807) is 0 Å². The Morgan fingerprint density at radius 2 is 1.85 bits per heavy atom. The molecule has 0 N–H and O–H groups in total. The fraction of sp³-hybridized carbons (Fsp3) is 1.00. The summed E-state index contributed by atoms with van der Waals surface area (Å²) in [4.78, 5) is 2.54. The van der Waals surface area contributed by atoms with Crippen LogP contribution in [-0.4, -0.2) is 25.0 Å². The summed E-state index contributed by atoms with van der Waals surface area (Å²) in [5, 5.41) is 0. The molecule has 1 saturated carbocycles. The van der Waals surface area contributed by atoms with Crippen molar-refractivity contribution in [3.63, 3.8) is 0 Å². The molecule has 0 radical (unpaired) electrons. The van der Waals surface area contributed by atoms with E-state index < -0.39 is 0 Å². The lowest BCUT2D eigenvalue weighted by atomic mass is 9.70. The molecule has 0 aromatic carbocycles. The van der Waals surface area contributed by atoms with E-state index in [-0.39, 0.29) is 0 Å². The molecule has 1 aliphatic carbocycles. The molecule has 2 aliphatic heterocycles. The van der Waals surface area contributed by atoms with Gasteiger partial charge in [0.1, 0.15) is 0 Å². The minimum atomic E-state index is 0.984. The quantitative estimate of drug-likeness (QED) is 0.555. The monoisotopic (exact) mass is 181 g/mol. The second kappa shape index (κ2) is 4.00.